The molecule has 0 unspecified atom stereocenters. The topological polar surface area (TPSA) is 43.4 Å². The summed E-state index contributed by atoms with van der Waals surface area (Å²) in [7, 11) is 0. The van der Waals surface area contributed by atoms with Crippen LogP contribution < -0.4 is 4.74 Å². The minimum absolute atomic E-state index is 0.289. The number of hydrogen-bond donors (Lipinski definition) is 0. The molecule has 1 rings (SSSR count). The Morgan fingerprint density at radius 1 is 1.38 bits per heavy atom. The molecule has 1 aromatic carbocycles. The Bertz CT molecular complexity index is 300. The van der Waals surface area contributed by atoms with E-state index in [1.165, 1.54) is 0 Å². The summed E-state index contributed by atoms with van der Waals surface area (Å²) in [6, 6.07) is 6.22. The van der Waals surface area contributed by atoms with Crippen molar-refractivity contribution in [3.8, 4) is 5.75 Å². The molecule has 67 valence electrons. The summed E-state index contributed by atoms with van der Waals surface area (Å²) in [4.78, 5) is 21.0. The molecule has 0 atom stereocenters. The van der Waals surface area contributed by atoms with Gasteiger partial charge in [-0.05, 0) is 24.3 Å². The van der Waals surface area contributed by atoms with E-state index in [0.717, 1.165) is 0 Å². The third-order valence-corrected chi connectivity index (χ3v) is 1.49. The second-order valence-electron chi connectivity index (χ2n) is 2.45. The molecule has 0 amide bonds. The average molecular weight is 177 g/mol. The van der Waals surface area contributed by atoms with Crippen molar-refractivity contribution >= 4 is 12.3 Å². The fraction of sp³-hybridized carbons (Fsp3) is 0.200. The molecule has 0 spiro atoms. The van der Waals surface area contributed by atoms with Crippen molar-refractivity contribution in [1.29, 1.82) is 0 Å². The van der Waals surface area contributed by atoms with E-state index in [1.807, 2.05) is 0 Å². The standard InChI is InChI=1S/C10H9O3/c1-2-10(12)13-9-5-3-8(7-11)4-6-9/h3-6H,2H2,1H3. The maximum atomic E-state index is 10.8. The summed E-state index contributed by atoms with van der Waals surface area (Å²) in [5.74, 6) is 0.161. The number of esters is 1. The van der Waals surface area contributed by atoms with Crippen LogP contribution in [0.3, 0.4) is 0 Å². The van der Waals surface area contributed by atoms with E-state index in [9.17, 15) is 9.59 Å². The molecule has 0 fully saturated rings. The summed E-state index contributed by atoms with van der Waals surface area (Å²) in [5.41, 5.74) is 0.441. The lowest BCUT2D eigenvalue weighted by Crippen LogP contribution is -2.05. The fourth-order valence-corrected chi connectivity index (χ4v) is 0.795. The Morgan fingerprint density at radius 3 is 2.46 bits per heavy atom. The monoisotopic (exact) mass is 177 g/mol. The molecule has 3 nitrogen and oxygen atoms in total. The van der Waals surface area contributed by atoms with Gasteiger partial charge in [0.2, 0.25) is 6.29 Å². The molecule has 0 bridgehead atoms. The Labute approximate surface area is 76.3 Å². The predicted octanol–water partition coefficient (Wildman–Crippen LogP) is 1.46. The van der Waals surface area contributed by atoms with Gasteiger partial charge in [-0.1, -0.05) is 6.92 Å². The lowest BCUT2D eigenvalue weighted by Gasteiger charge is -2.01. The summed E-state index contributed by atoms with van der Waals surface area (Å²) < 4.78 is 4.89. The van der Waals surface area contributed by atoms with Gasteiger partial charge in [-0.15, -0.1) is 0 Å². The SMILES string of the molecule is CCC(=O)Oc1ccc([C]=O)cc1. The van der Waals surface area contributed by atoms with Crippen LogP contribution in [0.5, 0.6) is 5.75 Å². The predicted molar refractivity (Wildman–Crippen MR) is 47.2 cm³/mol. The Kier molecular flexibility index (Phi) is 3.20. The molecule has 13 heavy (non-hydrogen) atoms. The highest BCUT2D eigenvalue weighted by molar-refractivity contribution is 5.76. The summed E-state index contributed by atoms with van der Waals surface area (Å²) in [6.45, 7) is 1.72. The quantitative estimate of drug-likeness (QED) is 0.518. The van der Waals surface area contributed by atoms with Gasteiger partial charge in [0, 0.05) is 12.0 Å². The lowest BCUT2D eigenvalue weighted by atomic mass is 10.2. The molecule has 0 aliphatic carbocycles. The molecule has 1 radical (unpaired) electrons. The van der Waals surface area contributed by atoms with Crippen molar-refractivity contribution in [2.75, 3.05) is 0 Å². The van der Waals surface area contributed by atoms with Crippen LogP contribution in [0.2, 0.25) is 0 Å². The zero-order valence-electron chi connectivity index (χ0n) is 7.24. The molecular formula is C10H9O3. The van der Waals surface area contributed by atoms with Crippen LogP contribution in [0, 0.1) is 0 Å². The van der Waals surface area contributed by atoms with E-state index in [-0.39, 0.29) is 5.97 Å². The summed E-state index contributed by atoms with van der Waals surface area (Å²) in [5, 5.41) is 0. The fourth-order valence-electron chi connectivity index (χ4n) is 0.795. The van der Waals surface area contributed by atoms with E-state index in [2.05, 4.69) is 0 Å². The van der Waals surface area contributed by atoms with Gasteiger partial charge in [0.05, 0.1) is 0 Å². The van der Waals surface area contributed by atoms with Crippen LogP contribution in [0.15, 0.2) is 24.3 Å². The number of ether oxygens (including phenoxy) is 1. The average Bonchev–Trinajstić information content (AvgIpc) is 2.19. The molecule has 0 saturated carbocycles. The van der Waals surface area contributed by atoms with Gasteiger partial charge in [0.25, 0.3) is 0 Å². The highest BCUT2D eigenvalue weighted by Gasteiger charge is 2.00. The van der Waals surface area contributed by atoms with Crippen molar-refractivity contribution in [2.45, 2.75) is 13.3 Å². The van der Waals surface area contributed by atoms with Gasteiger partial charge in [0.1, 0.15) is 5.75 Å². The van der Waals surface area contributed by atoms with Crippen molar-refractivity contribution in [1.82, 2.24) is 0 Å². The number of benzene rings is 1. The number of rotatable bonds is 3. The Balaban J connectivity index is 2.69. The zero-order valence-corrected chi connectivity index (χ0v) is 7.24. The molecule has 0 aliphatic heterocycles. The maximum absolute atomic E-state index is 10.8. The first-order valence-electron chi connectivity index (χ1n) is 3.95. The largest absolute Gasteiger partial charge is 0.427 e. The van der Waals surface area contributed by atoms with E-state index >= 15 is 0 Å². The van der Waals surface area contributed by atoms with Gasteiger partial charge in [-0.25, -0.2) is 0 Å². The van der Waals surface area contributed by atoms with Crippen molar-refractivity contribution in [3.63, 3.8) is 0 Å². The van der Waals surface area contributed by atoms with E-state index in [1.54, 1.807) is 37.5 Å². The zero-order chi connectivity index (χ0) is 9.68. The molecule has 3 heteroatoms. The highest BCUT2D eigenvalue weighted by Crippen LogP contribution is 2.11. The number of carbonyl (C=O) groups excluding carboxylic acids is 2. The van der Waals surface area contributed by atoms with Gasteiger partial charge in [-0.3, -0.25) is 9.59 Å². The molecular weight excluding hydrogens is 168 g/mol. The molecule has 0 aromatic heterocycles. The van der Waals surface area contributed by atoms with Crippen LogP contribution in [0.1, 0.15) is 18.9 Å². The molecule has 0 heterocycles. The second kappa shape index (κ2) is 4.40. The van der Waals surface area contributed by atoms with E-state index in [4.69, 9.17) is 4.74 Å². The maximum Gasteiger partial charge on any atom is 0.310 e. The first-order valence-corrected chi connectivity index (χ1v) is 3.95. The van der Waals surface area contributed by atoms with Crippen molar-refractivity contribution in [2.24, 2.45) is 0 Å². The second-order valence-corrected chi connectivity index (χ2v) is 2.45. The van der Waals surface area contributed by atoms with Crippen molar-refractivity contribution < 1.29 is 14.3 Å². The van der Waals surface area contributed by atoms with Crippen LogP contribution in [-0.4, -0.2) is 12.3 Å². The third kappa shape index (κ3) is 2.71. The van der Waals surface area contributed by atoms with Crippen LogP contribution >= 0.6 is 0 Å². The summed E-state index contributed by atoms with van der Waals surface area (Å²) >= 11 is 0. The molecule has 0 aliphatic rings. The smallest absolute Gasteiger partial charge is 0.310 e. The summed E-state index contributed by atoms with van der Waals surface area (Å²) in [6.07, 6.45) is 2.07. The third-order valence-electron chi connectivity index (χ3n) is 1.49. The van der Waals surface area contributed by atoms with Crippen LogP contribution in [-0.2, 0) is 9.59 Å². The van der Waals surface area contributed by atoms with Gasteiger partial charge in [0.15, 0.2) is 0 Å². The molecule has 1 aromatic rings. The van der Waals surface area contributed by atoms with Gasteiger partial charge in [-0.2, -0.15) is 0 Å². The van der Waals surface area contributed by atoms with Gasteiger partial charge >= 0.3 is 5.97 Å². The van der Waals surface area contributed by atoms with Crippen molar-refractivity contribution in [3.05, 3.63) is 29.8 Å². The highest BCUT2D eigenvalue weighted by atomic mass is 16.5. The Morgan fingerprint density at radius 2 is 2.00 bits per heavy atom. The van der Waals surface area contributed by atoms with Crippen LogP contribution in [0.25, 0.3) is 0 Å². The minimum atomic E-state index is -0.289. The van der Waals surface area contributed by atoms with Crippen LogP contribution in [0.4, 0.5) is 0 Å². The van der Waals surface area contributed by atoms with Gasteiger partial charge < -0.3 is 4.74 Å². The normalized spacial score (nSPS) is 9.31. The lowest BCUT2D eigenvalue weighted by molar-refractivity contribution is -0.134. The minimum Gasteiger partial charge on any atom is -0.427 e. The number of hydrogen-bond acceptors (Lipinski definition) is 3. The van der Waals surface area contributed by atoms with E-state index in [0.29, 0.717) is 17.7 Å². The number of carbonyl (C=O) groups is 1. The first kappa shape index (κ1) is 9.45. The molecule has 0 N–H and O–H groups in total. The first-order chi connectivity index (χ1) is 6.26. The molecule has 0 saturated heterocycles. The Hall–Kier alpha value is -1.64. The van der Waals surface area contributed by atoms with E-state index < -0.39 is 0 Å².